The summed E-state index contributed by atoms with van der Waals surface area (Å²) >= 11 is 1.37. The standard InChI is InChI=1S/C20H19N3O2S/c1-3-13-23-19(16-9-11-17(24)12-10-16)21-22-20(23)26-14(2)18(25)15-7-5-4-6-8-15/h3-12,14,24H,1,13H2,2H3. The molecular weight excluding hydrogens is 346 g/mol. The molecule has 0 saturated carbocycles. The molecule has 3 aromatic rings. The van der Waals surface area contributed by atoms with Gasteiger partial charge in [-0.05, 0) is 31.2 Å². The number of Topliss-reactive ketones (excluding diaryl/α,β-unsaturated/α-hetero) is 1. The minimum Gasteiger partial charge on any atom is -0.508 e. The van der Waals surface area contributed by atoms with E-state index in [1.807, 2.05) is 41.8 Å². The van der Waals surface area contributed by atoms with Gasteiger partial charge in [-0.3, -0.25) is 9.36 Å². The van der Waals surface area contributed by atoms with Gasteiger partial charge in [0, 0.05) is 17.7 Å². The lowest BCUT2D eigenvalue weighted by Crippen LogP contribution is -2.14. The minimum atomic E-state index is -0.294. The number of carbonyl (C=O) groups is 1. The molecule has 1 unspecified atom stereocenters. The summed E-state index contributed by atoms with van der Waals surface area (Å²) < 4.78 is 1.92. The molecule has 3 rings (SSSR count). The SMILES string of the molecule is C=CCn1c(SC(C)C(=O)c2ccccc2)nnc1-c1ccc(O)cc1. The maximum absolute atomic E-state index is 12.6. The Kier molecular flexibility index (Phi) is 5.53. The molecule has 2 aromatic carbocycles. The third-order valence-corrected chi connectivity index (χ3v) is 4.94. The highest BCUT2D eigenvalue weighted by Crippen LogP contribution is 2.29. The van der Waals surface area contributed by atoms with Crippen LogP contribution in [0.1, 0.15) is 17.3 Å². The number of thioether (sulfide) groups is 1. The quantitative estimate of drug-likeness (QED) is 0.386. The summed E-state index contributed by atoms with van der Waals surface area (Å²) in [4.78, 5) is 12.6. The van der Waals surface area contributed by atoms with E-state index >= 15 is 0 Å². The first-order chi connectivity index (χ1) is 12.6. The van der Waals surface area contributed by atoms with Crippen LogP contribution in [0, 0.1) is 0 Å². The van der Waals surface area contributed by atoms with E-state index in [1.165, 1.54) is 11.8 Å². The fraction of sp³-hybridized carbons (Fsp3) is 0.150. The average Bonchev–Trinajstić information content (AvgIpc) is 3.05. The zero-order valence-corrected chi connectivity index (χ0v) is 15.2. The van der Waals surface area contributed by atoms with Crippen molar-refractivity contribution in [1.82, 2.24) is 14.8 Å². The summed E-state index contributed by atoms with van der Waals surface area (Å²) in [6, 6.07) is 16.0. The number of aromatic nitrogens is 3. The third-order valence-electron chi connectivity index (χ3n) is 3.86. The van der Waals surface area contributed by atoms with Gasteiger partial charge in [-0.1, -0.05) is 48.2 Å². The van der Waals surface area contributed by atoms with E-state index in [2.05, 4.69) is 16.8 Å². The second-order valence-electron chi connectivity index (χ2n) is 5.74. The Morgan fingerprint density at radius 1 is 1.19 bits per heavy atom. The van der Waals surface area contributed by atoms with E-state index in [-0.39, 0.29) is 16.8 Å². The van der Waals surface area contributed by atoms with E-state index in [0.717, 1.165) is 5.56 Å². The first kappa shape index (κ1) is 17.9. The highest BCUT2D eigenvalue weighted by atomic mass is 32.2. The molecule has 0 aliphatic carbocycles. The number of aromatic hydroxyl groups is 1. The predicted octanol–water partition coefficient (Wildman–Crippen LogP) is 4.20. The van der Waals surface area contributed by atoms with Gasteiger partial charge in [0.05, 0.1) is 5.25 Å². The van der Waals surface area contributed by atoms with Crippen LogP contribution in [0.3, 0.4) is 0 Å². The van der Waals surface area contributed by atoms with Crippen molar-refractivity contribution in [3.63, 3.8) is 0 Å². The van der Waals surface area contributed by atoms with Gasteiger partial charge in [-0.2, -0.15) is 0 Å². The molecule has 132 valence electrons. The van der Waals surface area contributed by atoms with Gasteiger partial charge in [0.1, 0.15) is 5.75 Å². The Morgan fingerprint density at radius 3 is 2.54 bits per heavy atom. The molecule has 1 heterocycles. The van der Waals surface area contributed by atoms with Crippen LogP contribution in [0.15, 0.2) is 72.4 Å². The molecule has 0 aliphatic heterocycles. The highest BCUT2D eigenvalue weighted by Gasteiger charge is 2.21. The Balaban J connectivity index is 1.87. The van der Waals surface area contributed by atoms with Gasteiger partial charge in [0.15, 0.2) is 16.8 Å². The van der Waals surface area contributed by atoms with Crippen LogP contribution in [0.25, 0.3) is 11.4 Å². The molecule has 0 radical (unpaired) electrons. The van der Waals surface area contributed by atoms with Gasteiger partial charge in [-0.15, -0.1) is 16.8 Å². The van der Waals surface area contributed by atoms with E-state index < -0.39 is 0 Å². The lowest BCUT2D eigenvalue weighted by Gasteiger charge is -2.12. The van der Waals surface area contributed by atoms with Crippen LogP contribution in [0.5, 0.6) is 5.75 Å². The molecule has 0 fully saturated rings. The first-order valence-corrected chi connectivity index (χ1v) is 9.07. The molecule has 6 heteroatoms. The maximum atomic E-state index is 12.6. The number of phenols is 1. The van der Waals surface area contributed by atoms with Crippen molar-refractivity contribution in [2.24, 2.45) is 0 Å². The Labute approximate surface area is 156 Å². The fourth-order valence-electron chi connectivity index (χ4n) is 2.54. The second kappa shape index (κ2) is 8.01. The van der Waals surface area contributed by atoms with Crippen LogP contribution in [-0.2, 0) is 6.54 Å². The summed E-state index contributed by atoms with van der Waals surface area (Å²) in [5.74, 6) is 0.918. The summed E-state index contributed by atoms with van der Waals surface area (Å²) in [5, 5.41) is 18.4. The molecule has 26 heavy (non-hydrogen) atoms. The van der Waals surface area contributed by atoms with Gasteiger partial charge < -0.3 is 5.11 Å². The second-order valence-corrected chi connectivity index (χ2v) is 7.05. The minimum absolute atomic E-state index is 0.0509. The van der Waals surface area contributed by atoms with Crippen LogP contribution in [-0.4, -0.2) is 30.9 Å². The number of nitrogens with zero attached hydrogens (tertiary/aromatic N) is 3. The van der Waals surface area contributed by atoms with Gasteiger partial charge in [-0.25, -0.2) is 0 Å². The summed E-state index contributed by atoms with van der Waals surface area (Å²) in [5.41, 5.74) is 1.52. The van der Waals surface area contributed by atoms with Crippen LogP contribution >= 0.6 is 11.8 Å². The number of rotatable bonds is 7. The van der Waals surface area contributed by atoms with Crippen LogP contribution in [0.2, 0.25) is 0 Å². The molecule has 0 bridgehead atoms. The maximum Gasteiger partial charge on any atom is 0.192 e. The van der Waals surface area contributed by atoms with Crippen molar-refractivity contribution < 1.29 is 9.90 Å². The number of allylic oxidation sites excluding steroid dienone is 1. The number of ketones is 1. The zero-order valence-electron chi connectivity index (χ0n) is 14.4. The number of hydrogen-bond donors (Lipinski definition) is 1. The van der Waals surface area contributed by atoms with E-state index in [1.54, 1.807) is 30.3 Å². The Bertz CT molecular complexity index is 905. The van der Waals surface area contributed by atoms with E-state index in [4.69, 9.17) is 0 Å². The lowest BCUT2D eigenvalue weighted by molar-refractivity contribution is 0.0994. The van der Waals surface area contributed by atoms with Crippen molar-refractivity contribution in [3.05, 3.63) is 72.8 Å². The van der Waals surface area contributed by atoms with Gasteiger partial charge in [0.2, 0.25) is 0 Å². The van der Waals surface area contributed by atoms with E-state index in [9.17, 15) is 9.90 Å². The largest absolute Gasteiger partial charge is 0.508 e. The number of carbonyl (C=O) groups excluding carboxylic acids is 1. The third kappa shape index (κ3) is 3.86. The molecule has 5 nitrogen and oxygen atoms in total. The Hall–Kier alpha value is -2.86. The van der Waals surface area contributed by atoms with Crippen molar-refractivity contribution in [2.75, 3.05) is 0 Å². The molecule has 0 aliphatic rings. The fourth-order valence-corrected chi connectivity index (χ4v) is 3.48. The molecule has 0 saturated heterocycles. The highest BCUT2D eigenvalue weighted by molar-refractivity contribution is 8.00. The number of hydrogen-bond acceptors (Lipinski definition) is 5. The van der Waals surface area contributed by atoms with Crippen molar-refractivity contribution >= 4 is 17.5 Å². The van der Waals surface area contributed by atoms with E-state index in [0.29, 0.717) is 23.1 Å². The molecule has 0 amide bonds. The zero-order chi connectivity index (χ0) is 18.5. The lowest BCUT2D eigenvalue weighted by atomic mass is 10.1. The molecule has 1 N–H and O–H groups in total. The normalized spacial score (nSPS) is 11.9. The molecule has 1 atom stereocenters. The van der Waals surface area contributed by atoms with Crippen LogP contribution in [0.4, 0.5) is 0 Å². The first-order valence-electron chi connectivity index (χ1n) is 8.19. The molecule has 1 aromatic heterocycles. The molecular formula is C20H19N3O2S. The summed E-state index contributed by atoms with van der Waals surface area (Å²) in [6.45, 7) is 6.19. The summed E-state index contributed by atoms with van der Waals surface area (Å²) in [6.07, 6.45) is 1.76. The molecule has 0 spiro atoms. The predicted molar refractivity (Wildman–Crippen MR) is 103 cm³/mol. The van der Waals surface area contributed by atoms with Crippen molar-refractivity contribution in [1.29, 1.82) is 0 Å². The van der Waals surface area contributed by atoms with Gasteiger partial charge in [0.25, 0.3) is 0 Å². The van der Waals surface area contributed by atoms with Crippen molar-refractivity contribution in [2.45, 2.75) is 23.9 Å². The smallest absolute Gasteiger partial charge is 0.192 e. The van der Waals surface area contributed by atoms with Crippen LogP contribution < -0.4 is 0 Å². The average molecular weight is 365 g/mol. The number of benzene rings is 2. The monoisotopic (exact) mass is 365 g/mol. The summed E-state index contributed by atoms with van der Waals surface area (Å²) in [7, 11) is 0. The number of phenolic OH excluding ortho intramolecular Hbond substituents is 1. The Morgan fingerprint density at radius 2 is 1.88 bits per heavy atom. The van der Waals surface area contributed by atoms with Gasteiger partial charge >= 0.3 is 0 Å². The van der Waals surface area contributed by atoms with Crippen molar-refractivity contribution in [3.8, 4) is 17.1 Å². The topological polar surface area (TPSA) is 68.0 Å².